The molecule has 5 heteroatoms. The van der Waals surface area contributed by atoms with Crippen molar-refractivity contribution in [2.75, 3.05) is 30.0 Å². The van der Waals surface area contributed by atoms with E-state index in [2.05, 4.69) is 10.3 Å². The van der Waals surface area contributed by atoms with Crippen LogP contribution in [-0.4, -0.2) is 25.0 Å². The molecule has 0 fully saturated rings. The molecule has 104 valence electrons. The number of benzene rings is 1. The van der Waals surface area contributed by atoms with Gasteiger partial charge in [0, 0.05) is 25.9 Å². The zero-order chi connectivity index (χ0) is 14.7. The lowest BCUT2D eigenvalue weighted by molar-refractivity contribution is 0.102. The molecule has 0 aliphatic heterocycles. The first kappa shape index (κ1) is 13.9. The van der Waals surface area contributed by atoms with Gasteiger partial charge in [0.25, 0.3) is 5.91 Å². The molecule has 1 amide bonds. The van der Waals surface area contributed by atoms with E-state index in [-0.39, 0.29) is 5.91 Å². The summed E-state index contributed by atoms with van der Waals surface area (Å²) in [5.41, 5.74) is 9.59. The summed E-state index contributed by atoms with van der Waals surface area (Å²) >= 11 is 0. The van der Waals surface area contributed by atoms with Crippen molar-refractivity contribution in [1.29, 1.82) is 0 Å². The van der Waals surface area contributed by atoms with Gasteiger partial charge in [0.2, 0.25) is 0 Å². The summed E-state index contributed by atoms with van der Waals surface area (Å²) in [6, 6.07) is 7.12. The highest BCUT2D eigenvalue weighted by molar-refractivity contribution is 6.05. The summed E-state index contributed by atoms with van der Waals surface area (Å²) in [6.07, 6.45) is 3.35. The minimum atomic E-state index is -0.200. The first-order valence-electron chi connectivity index (χ1n) is 6.27. The molecule has 0 saturated carbocycles. The van der Waals surface area contributed by atoms with E-state index in [1.54, 1.807) is 24.5 Å². The van der Waals surface area contributed by atoms with Crippen LogP contribution in [0.3, 0.4) is 0 Å². The third kappa shape index (κ3) is 3.06. The average Bonchev–Trinajstić information content (AvgIpc) is 2.38. The zero-order valence-corrected chi connectivity index (χ0v) is 11.8. The molecule has 1 aromatic heterocycles. The number of aryl methyl sites for hydroxylation is 1. The molecule has 20 heavy (non-hydrogen) atoms. The molecule has 1 aromatic carbocycles. The predicted molar refractivity (Wildman–Crippen MR) is 82.1 cm³/mol. The Morgan fingerprint density at radius 3 is 2.60 bits per heavy atom. The van der Waals surface area contributed by atoms with Crippen LogP contribution in [0.15, 0.2) is 36.7 Å². The number of carbonyl (C=O) groups is 1. The number of nitrogens with one attached hydrogen (secondary N) is 1. The molecule has 3 N–H and O–H groups in total. The minimum absolute atomic E-state index is 0.200. The number of amides is 1. The number of aromatic nitrogens is 1. The highest BCUT2D eigenvalue weighted by atomic mass is 16.1. The zero-order valence-electron chi connectivity index (χ0n) is 11.8. The lowest BCUT2D eigenvalue weighted by Crippen LogP contribution is -2.15. The van der Waals surface area contributed by atoms with Gasteiger partial charge >= 0.3 is 0 Å². The summed E-state index contributed by atoms with van der Waals surface area (Å²) in [6.45, 7) is 1.92. The highest BCUT2D eigenvalue weighted by Gasteiger charge is 2.09. The standard InChI is InChI=1S/C15H18N4O/c1-10-6-12(9-17-8-10)18-15(20)11-4-5-14(19(2)3)13(16)7-11/h4-9H,16H2,1-3H3,(H,18,20). The van der Waals surface area contributed by atoms with E-state index in [0.29, 0.717) is 16.9 Å². The van der Waals surface area contributed by atoms with Crippen molar-refractivity contribution in [3.8, 4) is 0 Å². The van der Waals surface area contributed by atoms with E-state index in [9.17, 15) is 4.79 Å². The van der Waals surface area contributed by atoms with Gasteiger partial charge in [0.05, 0.1) is 23.3 Å². The van der Waals surface area contributed by atoms with Crippen molar-refractivity contribution < 1.29 is 4.79 Å². The summed E-state index contributed by atoms with van der Waals surface area (Å²) in [5, 5.41) is 2.80. The number of nitrogen functional groups attached to an aromatic ring is 1. The average molecular weight is 270 g/mol. The van der Waals surface area contributed by atoms with Gasteiger partial charge in [-0.2, -0.15) is 0 Å². The minimum Gasteiger partial charge on any atom is -0.397 e. The fraction of sp³-hybridized carbons (Fsp3) is 0.200. The predicted octanol–water partition coefficient (Wildman–Crippen LogP) is 2.29. The number of hydrogen-bond donors (Lipinski definition) is 2. The third-order valence-corrected chi connectivity index (χ3v) is 2.90. The van der Waals surface area contributed by atoms with Gasteiger partial charge in [0.15, 0.2) is 0 Å². The number of pyridine rings is 1. The molecule has 0 radical (unpaired) electrons. The van der Waals surface area contributed by atoms with E-state index in [0.717, 1.165) is 11.3 Å². The van der Waals surface area contributed by atoms with Crippen LogP contribution in [0.1, 0.15) is 15.9 Å². The number of nitrogens with zero attached hydrogens (tertiary/aromatic N) is 2. The number of nitrogens with two attached hydrogens (primary N) is 1. The molecule has 0 bridgehead atoms. The topological polar surface area (TPSA) is 71.2 Å². The Bertz CT molecular complexity index is 638. The summed E-state index contributed by atoms with van der Waals surface area (Å²) in [7, 11) is 3.81. The van der Waals surface area contributed by atoms with Crippen LogP contribution < -0.4 is 16.0 Å². The van der Waals surface area contributed by atoms with Crippen molar-refractivity contribution in [3.63, 3.8) is 0 Å². The second-order valence-electron chi connectivity index (χ2n) is 4.87. The first-order valence-corrected chi connectivity index (χ1v) is 6.27. The smallest absolute Gasteiger partial charge is 0.255 e. The number of hydrogen-bond acceptors (Lipinski definition) is 4. The Labute approximate surface area is 118 Å². The maximum Gasteiger partial charge on any atom is 0.255 e. The number of rotatable bonds is 3. The van der Waals surface area contributed by atoms with Crippen LogP contribution in [0.4, 0.5) is 17.1 Å². The van der Waals surface area contributed by atoms with Crippen LogP contribution in [0.5, 0.6) is 0 Å². The SMILES string of the molecule is Cc1cncc(NC(=O)c2ccc(N(C)C)c(N)c2)c1. The van der Waals surface area contributed by atoms with Crippen LogP contribution in [0.2, 0.25) is 0 Å². The molecule has 0 aliphatic carbocycles. The van der Waals surface area contributed by atoms with Crippen molar-refractivity contribution >= 4 is 23.0 Å². The molecule has 0 saturated heterocycles. The van der Waals surface area contributed by atoms with E-state index in [1.807, 2.05) is 38.1 Å². The fourth-order valence-electron chi connectivity index (χ4n) is 1.93. The lowest BCUT2D eigenvalue weighted by Gasteiger charge is -2.15. The van der Waals surface area contributed by atoms with Gasteiger partial charge in [-0.3, -0.25) is 9.78 Å². The van der Waals surface area contributed by atoms with Crippen LogP contribution in [0.25, 0.3) is 0 Å². The molecule has 0 unspecified atom stereocenters. The van der Waals surface area contributed by atoms with Crippen LogP contribution >= 0.6 is 0 Å². The summed E-state index contributed by atoms with van der Waals surface area (Å²) in [5.74, 6) is -0.200. The quantitative estimate of drug-likeness (QED) is 0.839. The number of anilines is 3. The first-order chi connectivity index (χ1) is 9.47. The molecule has 0 atom stereocenters. The highest BCUT2D eigenvalue weighted by Crippen LogP contribution is 2.22. The van der Waals surface area contributed by atoms with Crippen molar-refractivity contribution in [2.24, 2.45) is 0 Å². The Morgan fingerprint density at radius 1 is 1.25 bits per heavy atom. The largest absolute Gasteiger partial charge is 0.397 e. The molecule has 1 heterocycles. The Hall–Kier alpha value is -2.56. The van der Waals surface area contributed by atoms with Crippen LogP contribution in [-0.2, 0) is 0 Å². The van der Waals surface area contributed by atoms with Crippen molar-refractivity contribution in [2.45, 2.75) is 6.92 Å². The molecule has 0 aliphatic rings. The lowest BCUT2D eigenvalue weighted by atomic mass is 10.1. The maximum atomic E-state index is 12.2. The molecular formula is C15H18N4O. The van der Waals surface area contributed by atoms with E-state index in [4.69, 9.17) is 5.73 Å². The van der Waals surface area contributed by atoms with Gasteiger partial charge in [-0.25, -0.2) is 0 Å². The molecule has 5 nitrogen and oxygen atoms in total. The van der Waals surface area contributed by atoms with Crippen LogP contribution in [0, 0.1) is 6.92 Å². The van der Waals surface area contributed by atoms with Gasteiger partial charge in [-0.05, 0) is 36.8 Å². The van der Waals surface area contributed by atoms with Crippen molar-refractivity contribution in [3.05, 3.63) is 47.8 Å². The normalized spacial score (nSPS) is 10.2. The molecule has 0 spiro atoms. The van der Waals surface area contributed by atoms with E-state index >= 15 is 0 Å². The summed E-state index contributed by atoms with van der Waals surface area (Å²) in [4.78, 5) is 18.1. The Morgan fingerprint density at radius 2 is 2.00 bits per heavy atom. The van der Waals surface area contributed by atoms with E-state index in [1.165, 1.54) is 0 Å². The van der Waals surface area contributed by atoms with Gasteiger partial charge in [-0.15, -0.1) is 0 Å². The van der Waals surface area contributed by atoms with E-state index < -0.39 is 0 Å². The second kappa shape index (κ2) is 5.61. The number of carbonyl (C=O) groups excluding carboxylic acids is 1. The maximum absolute atomic E-state index is 12.2. The molecule has 2 rings (SSSR count). The van der Waals surface area contributed by atoms with Gasteiger partial charge in [-0.1, -0.05) is 0 Å². The molecule has 2 aromatic rings. The monoisotopic (exact) mass is 270 g/mol. The van der Waals surface area contributed by atoms with Gasteiger partial charge < -0.3 is 16.0 Å². The van der Waals surface area contributed by atoms with Gasteiger partial charge in [0.1, 0.15) is 0 Å². The summed E-state index contributed by atoms with van der Waals surface area (Å²) < 4.78 is 0. The fourth-order valence-corrected chi connectivity index (χ4v) is 1.93. The second-order valence-corrected chi connectivity index (χ2v) is 4.87. The third-order valence-electron chi connectivity index (χ3n) is 2.90. The van der Waals surface area contributed by atoms with Crippen molar-refractivity contribution in [1.82, 2.24) is 4.98 Å². The molecular weight excluding hydrogens is 252 g/mol. The Balaban J connectivity index is 2.19. The Kier molecular flexibility index (Phi) is 3.89.